The van der Waals surface area contributed by atoms with E-state index in [-0.39, 0.29) is 6.10 Å². The summed E-state index contributed by atoms with van der Waals surface area (Å²) in [5.74, 6) is 0.810. The maximum atomic E-state index is 9.12. The van der Waals surface area contributed by atoms with E-state index in [0.717, 1.165) is 30.0 Å². The average Bonchev–Trinajstić information content (AvgIpc) is 2.09. The maximum absolute atomic E-state index is 9.12. The predicted molar refractivity (Wildman–Crippen MR) is 54.2 cm³/mol. The lowest BCUT2D eigenvalue weighted by molar-refractivity contribution is 0.0835. The molecule has 14 heavy (non-hydrogen) atoms. The molecule has 0 unspecified atom stereocenters. The third kappa shape index (κ3) is 1.85. The predicted octanol–water partition coefficient (Wildman–Crippen LogP) is 1.03. The smallest absolute Gasteiger partial charge is 0.145 e. The van der Waals surface area contributed by atoms with E-state index in [9.17, 15) is 0 Å². The van der Waals surface area contributed by atoms with E-state index in [1.165, 1.54) is 0 Å². The minimum atomic E-state index is -0.132. The third-order valence-corrected chi connectivity index (χ3v) is 2.66. The van der Waals surface area contributed by atoms with Gasteiger partial charge in [0, 0.05) is 6.04 Å². The number of aliphatic hydroxyl groups excluding tert-OH is 1. The Balaban J connectivity index is 2.00. The van der Waals surface area contributed by atoms with Gasteiger partial charge in [0.2, 0.25) is 0 Å². The van der Waals surface area contributed by atoms with Gasteiger partial charge in [-0.3, -0.25) is 4.98 Å². The Hall–Kier alpha value is -1.16. The van der Waals surface area contributed by atoms with Crippen molar-refractivity contribution < 1.29 is 5.11 Å². The first-order valence-corrected chi connectivity index (χ1v) is 4.90. The summed E-state index contributed by atoms with van der Waals surface area (Å²) in [6.45, 7) is 3.89. The minimum Gasteiger partial charge on any atom is -0.393 e. The highest BCUT2D eigenvalue weighted by Gasteiger charge is 2.27. The summed E-state index contributed by atoms with van der Waals surface area (Å²) >= 11 is 0. The van der Waals surface area contributed by atoms with Crippen molar-refractivity contribution in [1.29, 1.82) is 0 Å². The van der Waals surface area contributed by atoms with Crippen LogP contribution in [0.3, 0.4) is 0 Å². The number of nitrogens with zero attached hydrogens (tertiary/aromatic N) is 2. The van der Waals surface area contributed by atoms with Crippen molar-refractivity contribution in [2.75, 3.05) is 5.32 Å². The zero-order valence-electron chi connectivity index (χ0n) is 8.49. The fraction of sp³-hybridized carbons (Fsp3) is 0.600. The lowest BCUT2D eigenvalue weighted by atomic mass is 9.90. The number of aromatic nitrogens is 2. The molecular weight excluding hydrogens is 178 g/mol. The molecule has 0 radical (unpaired) electrons. The first-order valence-electron chi connectivity index (χ1n) is 4.90. The molecule has 0 spiro atoms. The summed E-state index contributed by atoms with van der Waals surface area (Å²) in [4.78, 5) is 8.59. The summed E-state index contributed by atoms with van der Waals surface area (Å²) in [6, 6.07) is 0.362. The molecule has 1 fully saturated rings. The molecular formula is C10H15N3O. The van der Waals surface area contributed by atoms with Gasteiger partial charge < -0.3 is 10.4 Å². The van der Waals surface area contributed by atoms with Crippen LogP contribution in [0.25, 0.3) is 0 Å². The van der Waals surface area contributed by atoms with Crippen LogP contribution in [0.4, 0.5) is 5.82 Å². The molecule has 1 aromatic heterocycles. The molecule has 0 bridgehead atoms. The quantitative estimate of drug-likeness (QED) is 0.736. The summed E-state index contributed by atoms with van der Waals surface area (Å²) < 4.78 is 0. The van der Waals surface area contributed by atoms with E-state index < -0.39 is 0 Å². The van der Waals surface area contributed by atoms with Gasteiger partial charge in [-0.05, 0) is 26.7 Å². The lowest BCUT2D eigenvalue weighted by Gasteiger charge is -2.32. The number of nitrogens with one attached hydrogen (secondary N) is 1. The third-order valence-electron chi connectivity index (χ3n) is 2.66. The fourth-order valence-electron chi connectivity index (χ4n) is 1.53. The molecule has 0 atom stereocenters. The summed E-state index contributed by atoms with van der Waals surface area (Å²) in [7, 11) is 0. The summed E-state index contributed by atoms with van der Waals surface area (Å²) in [6.07, 6.45) is 3.24. The summed E-state index contributed by atoms with van der Waals surface area (Å²) in [5, 5.41) is 12.4. The van der Waals surface area contributed by atoms with Crippen LogP contribution in [-0.4, -0.2) is 27.2 Å². The van der Waals surface area contributed by atoms with Gasteiger partial charge in [0.1, 0.15) is 5.82 Å². The van der Waals surface area contributed by atoms with Gasteiger partial charge in [0.05, 0.1) is 23.7 Å². The molecule has 0 aliphatic heterocycles. The highest BCUT2D eigenvalue weighted by atomic mass is 16.3. The topological polar surface area (TPSA) is 58.0 Å². The van der Waals surface area contributed by atoms with Crippen molar-refractivity contribution in [3.63, 3.8) is 0 Å². The van der Waals surface area contributed by atoms with E-state index in [0.29, 0.717) is 6.04 Å². The van der Waals surface area contributed by atoms with Crippen LogP contribution in [0.1, 0.15) is 24.2 Å². The Morgan fingerprint density at radius 2 is 2.07 bits per heavy atom. The van der Waals surface area contributed by atoms with Gasteiger partial charge in [-0.1, -0.05) is 0 Å². The molecule has 1 aromatic rings. The molecule has 2 rings (SSSR count). The summed E-state index contributed by atoms with van der Waals surface area (Å²) in [5.41, 5.74) is 1.92. The zero-order valence-corrected chi connectivity index (χ0v) is 8.49. The van der Waals surface area contributed by atoms with Crippen molar-refractivity contribution in [2.24, 2.45) is 0 Å². The van der Waals surface area contributed by atoms with Gasteiger partial charge in [-0.15, -0.1) is 0 Å². The van der Waals surface area contributed by atoms with E-state index in [1.807, 2.05) is 13.8 Å². The highest BCUT2D eigenvalue weighted by molar-refractivity contribution is 5.35. The fourth-order valence-corrected chi connectivity index (χ4v) is 1.53. The van der Waals surface area contributed by atoms with Crippen molar-refractivity contribution >= 4 is 5.82 Å². The maximum Gasteiger partial charge on any atom is 0.145 e. The van der Waals surface area contributed by atoms with E-state index >= 15 is 0 Å². The van der Waals surface area contributed by atoms with Crippen molar-refractivity contribution in [3.05, 3.63) is 17.6 Å². The number of aliphatic hydroxyl groups is 1. The van der Waals surface area contributed by atoms with Gasteiger partial charge in [0.25, 0.3) is 0 Å². The first kappa shape index (κ1) is 9.40. The van der Waals surface area contributed by atoms with E-state index in [2.05, 4.69) is 15.3 Å². The Bertz CT molecular complexity index is 334. The molecule has 0 aromatic carbocycles. The van der Waals surface area contributed by atoms with Gasteiger partial charge in [-0.2, -0.15) is 0 Å². The molecule has 76 valence electrons. The van der Waals surface area contributed by atoms with Crippen LogP contribution in [-0.2, 0) is 0 Å². The molecule has 4 heteroatoms. The number of hydrogen-bond acceptors (Lipinski definition) is 4. The molecule has 2 N–H and O–H groups in total. The first-order chi connectivity index (χ1) is 6.65. The highest BCUT2D eigenvalue weighted by Crippen LogP contribution is 2.22. The second-order valence-electron chi connectivity index (χ2n) is 3.89. The second kappa shape index (κ2) is 3.53. The minimum absolute atomic E-state index is 0.132. The molecule has 1 aliphatic rings. The van der Waals surface area contributed by atoms with Crippen molar-refractivity contribution in [1.82, 2.24) is 9.97 Å². The van der Waals surface area contributed by atoms with Crippen LogP contribution in [0.15, 0.2) is 6.20 Å². The Labute approximate surface area is 83.4 Å². The number of anilines is 1. The molecule has 1 aliphatic carbocycles. The van der Waals surface area contributed by atoms with Crippen LogP contribution in [0.5, 0.6) is 0 Å². The molecule has 4 nitrogen and oxygen atoms in total. The number of hydrogen-bond donors (Lipinski definition) is 2. The van der Waals surface area contributed by atoms with E-state index in [1.54, 1.807) is 6.20 Å². The van der Waals surface area contributed by atoms with Crippen molar-refractivity contribution in [3.8, 4) is 0 Å². The standard InChI is InChI=1S/C10H15N3O/c1-6-7(2)12-10(5-11-6)13-8-3-9(14)4-8/h5,8-9,14H,3-4H2,1-2H3,(H,12,13). The number of rotatable bonds is 2. The Kier molecular flexibility index (Phi) is 2.37. The average molecular weight is 193 g/mol. The Morgan fingerprint density at radius 3 is 2.64 bits per heavy atom. The molecule has 1 saturated carbocycles. The van der Waals surface area contributed by atoms with Crippen LogP contribution in [0, 0.1) is 13.8 Å². The van der Waals surface area contributed by atoms with E-state index in [4.69, 9.17) is 5.11 Å². The van der Waals surface area contributed by atoms with Gasteiger partial charge >= 0.3 is 0 Å². The molecule has 1 heterocycles. The van der Waals surface area contributed by atoms with Crippen LogP contribution >= 0.6 is 0 Å². The second-order valence-corrected chi connectivity index (χ2v) is 3.89. The van der Waals surface area contributed by atoms with Gasteiger partial charge in [0.15, 0.2) is 0 Å². The number of aryl methyl sites for hydroxylation is 2. The lowest BCUT2D eigenvalue weighted by Crippen LogP contribution is -2.39. The van der Waals surface area contributed by atoms with Gasteiger partial charge in [-0.25, -0.2) is 4.98 Å². The zero-order chi connectivity index (χ0) is 10.1. The normalized spacial score (nSPS) is 25.6. The Morgan fingerprint density at radius 1 is 1.36 bits per heavy atom. The van der Waals surface area contributed by atoms with Crippen LogP contribution < -0.4 is 5.32 Å². The largest absolute Gasteiger partial charge is 0.393 e. The molecule has 0 saturated heterocycles. The monoisotopic (exact) mass is 193 g/mol. The molecule has 0 amide bonds. The van der Waals surface area contributed by atoms with Crippen LogP contribution in [0.2, 0.25) is 0 Å². The SMILES string of the molecule is Cc1ncc(NC2CC(O)C2)nc1C. The van der Waals surface area contributed by atoms with Crippen molar-refractivity contribution in [2.45, 2.75) is 38.8 Å².